The Morgan fingerprint density at radius 2 is 1.86 bits per heavy atom. The quantitative estimate of drug-likeness (QED) is 0.717. The predicted molar refractivity (Wildman–Crippen MR) is 95.3 cm³/mol. The van der Waals surface area contributed by atoms with E-state index >= 15 is 0 Å². The smallest absolute Gasteiger partial charge is 0.326 e. The van der Waals surface area contributed by atoms with E-state index in [2.05, 4.69) is 10.6 Å². The molecule has 7 nitrogen and oxygen atoms in total. The molecule has 0 fully saturated rings. The van der Waals surface area contributed by atoms with E-state index in [1.807, 2.05) is 4.72 Å². The Morgan fingerprint density at radius 3 is 2.50 bits per heavy atom. The van der Waals surface area contributed by atoms with E-state index in [0.29, 0.717) is 17.3 Å². The Labute approximate surface area is 158 Å². The Kier molecular flexibility index (Phi) is 4.79. The summed E-state index contributed by atoms with van der Waals surface area (Å²) in [5.74, 6) is -0.867. The van der Waals surface area contributed by atoms with Crippen LogP contribution in [-0.4, -0.2) is 20.2 Å². The number of rotatable bonds is 4. The van der Waals surface area contributed by atoms with Gasteiger partial charge >= 0.3 is 6.18 Å². The van der Waals surface area contributed by atoms with E-state index in [1.54, 1.807) is 0 Å². The number of benzene rings is 2. The molecule has 28 heavy (non-hydrogen) atoms. The lowest BCUT2D eigenvalue weighted by atomic mass is 10.1. The first-order valence-corrected chi connectivity index (χ1v) is 9.38. The van der Waals surface area contributed by atoms with E-state index in [1.165, 1.54) is 18.2 Å². The average Bonchev–Trinajstić information content (AvgIpc) is 2.93. The minimum Gasteiger partial charge on any atom is -0.326 e. The summed E-state index contributed by atoms with van der Waals surface area (Å²) in [6.07, 6.45) is -4.88. The summed E-state index contributed by atoms with van der Waals surface area (Å²) in [7, 11) is -4.35. The summed E-state index contributed by atoms with van der Waals surface area (Å²) in [4.78, 5) is 22.2. The van der Waals surface area contributed by atoms with Crippen LogP contribution in [0, 0.1) is 0 Å². The highest BCUT2D eigenvalue weighted by atomic mass is 32.2. The SMILES string of the molecule is CC(=O)Nc1ccc(NS(=O)(=O)c2ccc3c(c2)CC(=O)N3)c(C(F)(F)F)c1. The van der Waals surface area contributed by atoms with Gasteiger partial charge in [-0.05, 0) is 42.0 Å². The second kappa shape index (κ2) is 6.82. The predicted octanol–water partition coefficient (Wildman–Crippen LogP) is 2.96. The Bertz CT molecular complexity index is 1080. The van der Waals surface area contributed by atoms with Crippen molar-refractivity contribution < 1.29 is 31.2 Å². The molecule has 0 aliphatic carbocycles. The Balaban J connectivity index is 1.97. The van der Waals surface area contributed by atoms with E-state index in [9.17, 15) is 31.2 Å². The fourth-order valence-electron chi connectivity index (χ4n) is 2.73. The Hall–Kier alpha value is -3.08. The maximum atomic E-state index is 13.4. The van der Waals surface area contributed by atoms with Gasteiger partial charge in [-0.3, -0.25) is 14.3 Å². The van der Waals surface area contributed by atoms with Gasteiger partial charge in [-0.15, -0.1) is 0 Å². The van der Waals surface area contributed by atoms with Gasteiger partial charge in [0.2, 0.25) is 11.8 Å². The van der Waals surface area contributed by atoms with Gasteiger partial charge in [0.15, 0.2) is 0 Å². The zero-order chi connectivity index (χ0) is 20.7. The van der Waals surface area contributed by atoms with Crippen LogP contribution in [0.3, 0.4) is 0 Å². The largest absolute Gasteiger partial charge is 0.418 e. The molecule has 11 heteroatoms. The third-order valence-corrected chi connectivity index (χ3v) is 5.26. The topological polar surface area (TPSA) is 104 Å². The second-order valence-corrected chi connectivity index (χ2v) is 7.77. The number of carbonyl (C=O) groups excluding carboxylic acids is 2. The zero-order valence-electron chi connectivity index (χ0n) is 14.3. The molecular formula is C17H14F3N3O4S. The third kappa shape index (κ3) is 4.09. The lowest BCUT2D eigenvalue weighted by molar-refractivity contribution is -0.137. The van der Waals surface area contributed by atoms with Crippen molar-refractivity contribution in [2.45, 2.75) is 24.4 Å². The normalized spacial score (nSPS) is 13.6. The number of anilines is 3. The van der Waals surface area contributed by atoms with Gasteiger partial charge in [-0.1, -0.05) is 0 Å². The van der Waals surface area contributed by atoms with Crippen LogP contribution >= 0.6 is 0 Å². The van der Waals surface area contributed by atoms with E-state index in [0.717, 1.165) is 19.1 Å². The number of nitrogens with one attached hydrogen (secondary N) is 3. The molecule has 2 amide bonds. The molecule has 2 aromatic rings. The van der Waals surface area contributed by atoms with Crippen LogP contribution in [0.5, 0.6) is 0 Å². The molecule has 0 atom stereocenters. The number of amides is 2. The highest BCUT2D eigenvalue weighted by Crippen LogP contribution is 2.37. The highest BCUT2D eigenvalue weighted by molar-refractivity contribution is 7.92. The summed E-state index contributed by atoms with van der Waals surface area (Å²) in [5, 5.41) is 4.76. The molecule has 3 N–H and O–H groups in total. The number of alkyl halides is 3. The van der Waals surface area contributed by atoms with Gasteiger partial charge in [0.05, 0.1) is 22.6 Å². The summed E-state index contributed by atoms with van der Waals surface area (Å²) in [6.45, 7) is 1.14. The average molecular weight is 413 g/mol. The molecule has 0 saturated carbocycles. The van der Waals surface area contributed by atoms with Crippen LogP contribution in [-0.2, 0) is 32.2 Å². The summed E-state index contributed by atoms with van der Waals surface area (Å²) in [5.41, 5.74) is -1.16. The van der Waals surface area contributed by atoms with Gasteiger partial charge in [-0.2, -0.15) is 13.2 Å². The lowest BCUT2D eigenvalue weighted by Gasteiger charge is -2.16. The molecule has 2 aromatic carbocycles. The van der Waals surface area contributed by atoms with Crippen molar-refractivity contribution in [3.05, 3.63) is 47.5 Å². The number of sulfonamides is 1. The Morgan fingerprint density at radius 1 is 1.14 bits per heavy atom. The minimum atomic E-state index is -4.86. The molecular weight excluding hydrogens is 399 g/mol. The number of fused-ring (bicyclic) bond motifs is 1. The molecule has 1 heterocycles. The van der Waals surface area contributed by atoms with Crippen LogP contribution in [0.4, 0.5) is 30.2 Å². The standard InChI is InChI=1S/C17H14F3N3O4S/c1-9(24)21-11-2-4-15(13(8-11)17(18,19)20)23-28(26,27)12-3-5-14-10(6-12)7-16(25)22-14/h2-6,8,23H,7H2,1H3,(H,21,24)(H,22,25). The fraction of sp³-hybridized carbons (Fsp3) is 0.176. The van der Waals surface area contributed by atoms with Crippen molar-refractivity contribution in [2.24, 2.45) is 0 Å². The summed E-state index contributed by atoms with van der Waals surface area (Å²) in [6, 6.07) is 6.51. The lowest BCUT2D eigenvalue weighted by Crippen LogP contribution is -2.18. The van der Waals surface area contributed by atoms with Crippen LogP contribution in [0.15, 0.2) is 41.3 Å². The van der Waals surface area contributed by atoms with E-state index in [4.69, 9.17) is 0 Å². The van der Waals surface area contributed by atoms with Crippen LogP contribution in [0.25, 0.3) is 0 Å². The van der Waals surface area contributed by atoms with Gasteiger partial charge in [0, 0.05) is 18.3 Å². The monoisotopic (exact) mass is 413 g/mol. The summed E-state index contributed by atoms with van der Waals surface area (Å²) >= 11 is 0. The third-order valence-electron chi connectivity index (χ3n) is 3.90. The molecule has 0 unspecified atom stereocenters. The van der Waals surface area contributed by atoms with Crippen molar-refractivity contribution >= 4 is 38.9 Å². The van der Waals surface area contributed by atoms with Crippen molar-refractivity contribution in [3.8, 4) is 0 Å². The molecule has 0 bridgehead atoms. The molecule has 1 aliphatic rings. The maximum absolute atomic E-state index is 13.4. The maximum Gasteiger partial charge on any atom is 0.418 e. The molecule has 148 valence electrons. The molecule has 1 aliphatic heterocycles. The van der Waals surface area contributed by atoms with Crippen molar-refractivity contribution in [3.63, 3.8) is 0 Å². The van der Waals surface area contributed by atoms with Crippen molar-refractivity contribution in [2.75, 3.05) is 15.4 Å². The van der Waals surface area contributed by atoms with Gasteiger partial charge in [-0.25, -0.2) is 8.42 Å². The molecule has 3 rings (SSSR count). The highest BCUT2D eigenvalue weighted by Gasteiger charge is 2.35. The van der Waals surface area contributed by atoms with E-state index < -0.39 is 33.4 Å². The molecule has 0 saturated heterocycles. The number of halogens is 3. The van der Waals surface area contributed by atoms with Crippen molar-refractivity contribution in [1.29, 1.82) is 0 Å². The van der Waals surface area contributed by atoms with Gasteiger partial charge in [0.1, 0.15) is 0 Å². The second-order valence-electron chi connectivity index (χ2n) is 6.09. The minimum absolute atomic E-state index is 0.0160. The first-order chi connectivity index (χ1) is 13.0. The number of hydrogen-bond donors (Lipinski definition) is 3. The van der Waals surface area contributed by atoms with Crippen LogP contribution in [0.2, 0.25) is 0 Å². The molecule has 0 radical (unpaired) electrons. The zero-order valence-corrected chi connectivity index (χ0v) is 15.2. The summed E-state index contributed by atoms with van der Waals surface area (Å²) < 4.78 is 67.2. The van der Waals surface area contributed by atoms with Gasteiger partial charge in [0.25, 0.3) is 10.0 Å². The van der Waals surface area contributed by atoms with E-state index in [-0.39, 0.29) is 22.9 Å². The first kappa shape index (κ1) is 19.7. The van der Waals surface area contributed by atoms with Crippen LogP contribution < -0.4 is 15.4 Å². The van der Waals surface area contributed by atoms with Gasteiger partial charge < -0.3 is 10.6 Å². The first-order valence-electron chi connectivity index (χ1n) is 7.90. The molecule has 0 spiro atoms. The van der Waals surface area contributed by atoms with Crippen LogP contribution in [0.1, 0.15) is 18.1 Å². The molecule has 0 aromatic heterocycles. The fourth-order valence-corrected chi connectivity index (χ4v) is 3.86. The number of carbonyl (C=O) groups is 2. The van der Waals surface area contributed by atoms with Crippen molar-refractivity contribution in [1.82, 2.24) is 0 Å². The number of hydrogen-bond acceptors (Lipinski definition) is 4.